The molecule has 0 aliphatic rings. The molecule has 0 atom stereocenters. The molecule has 1 rings (SSSR count). The zero-order valence-electron chi connectivity index (χ0n) is 10.9. The van der Waals surface area contributed by atoms with E-state index in [1.54, 1.807) is 29.2 Å². The zero-order valence-corrected chi connectivity index (χ0v) is 10.9. The van der Waals surface area contributed by atoms with Crippen molar-refractivity contribution in [1.82, 2.24) is 4.90 Å². The van der Waals surface area contributed by atoms with E-state index < -0.39 is 0 Å². The van der Waals surface area contributed by atoms with Crippen molar-refractivity contribution in [3.8, 4) is 0 Å². The second-order valence-corrected chi connectivity index (χ2v) is 4.06. The molecule has 1 aromatic carbocycles. The highest BCUT2D eigenvalue weighted by atomic mass is 16.4. The molecule has 4 N–H and O–H groups in total. The highest BCUT2D eigenvalue weighted by molar-refractivity contribution is 5.97. The number of likely N-dealkylation sites (N-methyl/N-ethyl adjacent to an activating group) is 1. The van der Waals surface area contributed by atoms with Crippen LogP contribution in [0.5, 0.6) is 0 Å². The Bertz CT molecular complexity index is 443. The van der Waals surface area contributed by atoms with Crippen molar-refractivity contribution >= 4 is 11.7 Å². The van der Waals surface area contributed by atoms with Gasteiger partial charge in [-0.05, 0) is 12.5 Å². The molecule has 0 aliphatic heterocycles. The predicted octanol–water partition coefficient (Wildman–Crippen LogP) is 0.164. The summed E-state index contributed by atoms with van der Waals surface area (Å²) in [5.74, 6) is 0.00133. The molecule has 0 aliphatic carbocycles. The van der Waals surface area contributed by atoms with Gasteiger partial charge in [-0.25, -0.2) is 0 Å². The van der Waals surface area contributed by atoms with Gasteiger partial charge >= 0.3 is 0 Å². The molecule has 1 aromatic rings. The molecular formula is C13H19N3O3. The minimum Gasteiger partial charge on any atom is -0.409 e. The quantitative estimate of drug-likeness (QED) is 0.295. The average Bonchev–Trinajstić information content (AvgIpc) is 2.44. The van der Waals surface area contributed by atoms with Gasteiger partial charge in [-0.1, -0.05) is 29.4 Å². The Balaban J connectivity index is 2.69. The first-order chi connectivity index (χ1) is 9.12. The van der Waals surface area contributed by atoms with Crippen LogP contribution in [0.25, 0.3) is 0 Å². The summed E-state index contributed by atoms with van der Waals surface area (Å²) in [7, 11) is 0. The Morgan fingerprint density at radius 2 is 2.00 bits per heavy atom. The van der Waals surface area contributed by atoms with Crippen LogP contribution in [-0.2, 0) is 11.2 Å². The van der Waals surface area contributed by atoms with Gasteiger partial charge in [0.2, 0.25) is 5.91 Å². The van der Waals surface area contributed by atoms with Crippen molar-refractivity contribution in [1.29, 1.82) is 0 Å². The van der Waals surface area contributed by atoms with Gasteiger partial charge in [0.05, 0.1) is 13.0 Å². The summed E-state index contributed by atoms with van der Waals surface area (Å²) in [4.78, 5) is 13.5. The lowest BCUT2D eigenvalue weighted by Gasteiger charge is -2.19. The highest BCUT2D eigenvalue weighted by Crippen LogP contribution is 2.07. The first-order valence-electron chi connectivity index (χ1n) is 6.07. The van der Waals surface area contributed by atoms with Crippen molar-refractivity contribution in [3.63, 3.8) is 0 Å². The van der Waals surface area contributed by atoms with Gasteiger partial charge in [0.1, 0.15) is 0 Å². The van der Waals surface area contributed by atoms with E-state index in [1.807, 2.05) is 6.92 Å². The fourth-order valence-corrected chi connectivity index (χ4v) is 1.72. The van der Waals surface area contributed by atoms with E-state index in [1.165, 1.54) is 0 Å². The third kappa shape index (κ3) is 4.26. The van der Waals surface area contributed by atoms with Crippen LogP contribution in [0.15, 0.2) is 29.4 Å². The summed E-state index contributed by atoms with van der Waals surface area (Å²) in [6, 6.07) is 6.91. The monoisotopic (exact) mass is 265 g/mol. The van der Waals surface area contributed by atoms with Crippen molar-refractivity contribution in [2.24, 2.45) is 10.9 Å². The van der Waals surface area contributed by atoms with Crippen LogP contribution in [-0.4, -0.2) is 46.7 Å². The number of rotatable bonds is 6. The van der Waals surface area contributed by atoms with Gasteiger partial charge in [-0.15, -0.1) is 0 Å². The Labute approximate surface area is 112 Å². The lowest BCUT2D eigenvalue weighted by atomic mass is 10.1. The fraction of sp³-hybridized carbons (Fsp3) is 0.385. The van der Waals surface area contributed by atoms with Crippen LogP contribution in [0, 0.1) is 0 Å². The first-order valence-corrected chi connectivity index (χ1v) is 6.07. The smallest absolute Gasteiger partial charge is 0.227 e. The number of carbonyl (C=O) groups is 1. The van der Waals surface area contributed by atoms with E-state index >= 15 is 0 Å². The molecule has 0 saturated heterocycles. The molecule has 0 spiro atoms. The summed E-state index contributed by atoms with van der Waals surface area (Å²) in [5.41, 5.74) is 6.89. The number of hydrogen-bond acceptors (Lipinski definition) is 4. The number of hydrogen-bond donors (Lipinski definition) is 3. The van der Waals surface area contributed by atoms with E-state index in [9.17, 15) is 4.79 Å². The molecule has 0 aromatic heterocycles. The molecule has 19 heavy (non-hydrogen) atoms. The number of nitrogens with two attached hydrogens (primary N) is 1. The predicted molar refractivity (Wildman–Crippen MR) is 72.0 cm³/mol. The van der Waals surface area contributed by atoms with Crippen LogP contribution in [0.4, 0.5) is 0 Å². The molecule has 1 amide bonds. The van der Waals surface area contributed by atoms with Gasteiger partial charge in [0.25, 0.3) is 0 Å². The van der Waals surface area contributed by atoms with Crippen molar-refractivity contribution in [3.05, 3.63) is 35.4 Å². The van der Waals surface area contributed by atoms with E-state index in [-0.39, 0.29) is 24.8 Å². The Morgan fingerprint density at radius 3 is 2.47 bits per heavy atom. The SMILES string of the molecule is CCN(CCO)C(=O)Cc1ccc(C(N)=NO)cc1. The number of aliphatic hydroxyl groups excluding tert-OH is 1. The molecule has 0 fully saturated rings. The summed E-state index contributed by atoms with van der Waals surface area (Å²) < 4.78 is 0. The van der Waals surface area contributed by atoms with Gasteiger partial charge < -0.3 is 20.9 Å². The second-order valence-electron chi connectivity index (χ2n) is 4.06. The zero-order chi connectivity index (χ0) is 14.3. The highest BCUT2D eigenvalue weighted by Gasteiger charge is 2.11. The minimum absolute atomic E-state index is 0.0342. The van der Waals surface area contributed by atoms with Crippen LogP contribution < -0.4 is 5.73 Å². The number of amidine groups is 1. The number of nitrogens with zero attached hydrogens (tertiary/aromatic N) is 2. The molecule has 104 valence electrons. The van der Waals surface area contributed by atoms with Crippen molar-refractivity contribution < 1.29 is 15.1 Å². The fourth-order valence-electron chi connectivity index (χ4n) is 1.72. The third-order valence-electron chi connectivity index (χ3n) is 2.82. The summed E-state index contributed by atoms with van der Waals surface area (Å²) in [5, 5.41) is 20.3. The molecule has 0 radical (unpaired) electrons. The molecule has 0 unspecified atom stereocenters. The largest absolute Gasteiger partial charge is 0.409 e. The molecule has 0 saturated carbocycles. The number of oxime groups is 1. The summed E-state index contributed by atoms with van der Waals surface area (Å²) in [6.07, 6.45) is 0.268. The lowest BCUT2D eigenvalue weighted by molar-refractivity contribution is -0.130. The molecule has 6 nitrogen and oxygen atoms in total. The number of amides is 1. The standard InChI is InChI=1S/C13H19N3O3/c1-2-16(7-8-17)12(18)9-10-3-5-11(6-4-10)13(14)15-19/h3-6,17,19H,2,7-9H2,1H3,(H2,14,15). The molecular weight excluding hydrogens is 246 g/mol. The molecule has 0 heterocycles. The molecule has 6 heteroatoms. The van der Waals surface area contributed by atoms with E-state index in [4.69, 9.17) is 16.0 Å². The van der Waals surface area contributed by atoms with Crippen molar-refractivity contribution in [2.75, 3.05) is 19.7 Å². The topological polar surface area (TPSA) is 99.2 Å². The number of benzene rings is 1. The van der Waals surface area contributed by atoms with Crippen LogP contribution in [0.1, 0.15) is 18.1 Å². The normalized spacial score (nSPS) is 11.4. The minimum atomic E-state index is -0.0397. The maximum atomic E-state index is 11.9. The second kappa shape index (κ2) is 7.38. The lowest BCUT2D eigenvalue weighted by Crippen LogP contribution is -2.34. The van der Waals surface area contributed by atoms with Gasteiger partial charge in [-0.3, -0.25) is 4.79 Å². The Morgan fingerprint density at radius 1 is 1.37 bits per heavy atom. The van der Waals surface area contributed by atoms with Crippen LogP contribution in [0.3, 0.4) is 0 Å². The maximum absolute atomic E-state index is 11.9. The van der Waals surface area contributed by atoms with E-state index in [0.717, 1.165) is 5.56 Å². The Hall–Kier alpha value is -2.08. The summed E-state index contributed by atoms with van der Waals surface area (Å²) >= 11 is 0. The van der Waals surface area contributed by atoms with Gasteiger partial charge in [-0.2, -0.15) is 0 Å². The number of carbonyl (C=O) groups excluding carboxylic acids is 1. The van der Waals surface area contributed by atoms with Gasteiger partial charge in [0, 0.05) is 18.7 Å². The average molecular weight is 265 g/mol. The molecule has 0 bridgehead atoms. The maximum Gasteiger partial charge on any atom is 0.227 e. The third-order valence-corrected chi connectivity index (χ3v) is 2.82. The van der Waals surface area contributed by atoms with Crippen molar-refractivity contribution in [2.45, 2.75) is 13.3 Å². The van der Waals surface area contributed by atoms with Gasteiger partial charge in [0.15, 0.2) is 5.84 Å². The first kappa shape index (κ1) is 15.0. The van der Waals surface area contributed by atoms with E-state index in [0.29, 0.717) is 18.7 Å². The summed E-state index contributed by atoms with van der Waals surface area (Å²) in [6.45, 7) is 2.75. The van der Waals surface area contributed by atoms with Crippen LogP contribution >= 0.6 is 0 Å². The number of aliphatic hydroxyl groups is 1. The van der Waals surface area contributed by atoms with E-state index in [2.05, 4.69) is 5.16 Å². The Kier molecular flexibility index (Phi) is 5.81. The van der Waals surface area contributed by atoms with Crippen LogP contribution in [0.2, 0.25) is 0 Å².